The van der Waals surface area contributed by atoms with Crippen molar-refractivity contribution in [1.82, 2.24) is 5.16 Å². The van der Waals surface area contributed by atoms with Gasteiger partial charge in [-0.05, 0) is 36.4 Å². The molecule has 1 aromatic heterocycles. The van der Waals surface area contributed by atoms with Crippen molar-refractivity contribution in [2.75, 3.05) is 0 Å². The Morgan fingerprint density at radius 3 is 3.00 bits per heavy atom. The molecular weight excluding hydrogens is 226 g/mol. The van der Waals surface area contributed by atoms with Crippen LogP contribution in [0.1, 0.15) is 35.2 Å². The number of rotatable bonds is 2. The lowest BCUT2D eigenvalue weighted by Crippen LogP contribution is -2.02. The van der Waals surface area contributed by atoms with Crippen molar-refractivity contribution < 1.29 is 9.32 Å². The van der Waals surface area contributed by atoms with Crippen LogP contribution in [0.3, 0.4) is 0 Å². The van der Waals surface area contributed by atoms with E-state index in [-0.39, 0.29) is 0 Å². The van der Waals surface area contributed by atoms with Crippen LogP contribution in [0.2, 0.25) is 0 Å². The van der Waals surface area contributed by atoms with E-state index in [1.54, 1.807) is 6.92 Å². The molecule has 2 rings (SSSR count). The first-order valence-corrected chi connectivity index (χ1v) is 5.51. The lowest BCUT2D eigenvalue weighted by atomic mass is 9.92. The Hall–Kier alpha value is -1.35. The highest BCUT2D eigenvalue weighted by Gasteiger charge is 2.22. The quantitative estimate of drug-likeness (QED) is 0.741. The van der Waals surface area contributed by atoms with Crippen LogP contribution in [-0.4, -0.2) is 10.4 Å². The van der Waals surface area contributed by atoms with Gasteiger partial charge >= 0.3 is 0 Å². The second kappa shape index (κ2) is 4.26. The number of allylic oxidation sites excluding steroid dienone is 4. The summed E-state index contributed by atoms with van der Waals surface area (Å²) in [5, 5.41) is 3.40. The van der Waals surface area contributed by atoms with Crippen molar-refractivity contribution in [2.24, 2.45) is 5.92 Å². The highest BCUT2D eigenvalue weighted by atomic mass is 35.5. The molecule has 1 aromatic rings. The number of hydrogen-bond acceptors (Lipinski definition) is 3. The number of nitrogens with zero attached hydrogens (tertiary/aromatic N) is 1. The summed E-state index contributed by atoms with van der Waals surface area (Å²) in [5.41, 5.74) is 1.96. The van der Waals surface area contributed by atoms with Crippen molar-refractivity contribution >= 4 is 22.4 Å². The molecule has 0 fully saturated rings. The summed E-state index contributed by atoms with van der Waals surface area (Å²) >= 11 is 5.53. The summed E-state index contributed by atoms with van der Waals surface area (Å²) in [5.74, 6) is 0.911. The van der Waals surface area contributed by atoms with Gasteiger partial charge in [-0.3, -0.25) is 4.79 Å². The van der Waals surface area contributed by atoms with Crippen LogP contribution in [-0.2, 0) is 0 Å². The summed E-state index contributed by atoms with van der Waals surface area (Å²) < 4.78 is 5.03. The van der Waals surface area contributed by atoms with Crippen LogP contribution in [0.15, 0.2) is 22.8 Å². The van der Waals surface area contributed by atoms with Gasteiger partial charge in [0.15, 0.2) is 0 Å². The molecule has 1 heterocycles. The summed E-state index contributed by atoms with van der Waals surface area (Å²) in [7, 11) is 0. The van der Waals surface area contributed by atoms with Crippen LogP contribution in [0, 0.1) is 12.8 Å². The largest absolute Gasteiger partial charge is 0.360 e. The van der Waals surface area contributed by atoms with Gasteiger partial charge in [-0.1, -0.05) is 30.3 Å². The van der Waals surface area contributed by atoms with E-state index in [0.717, 1.165) is 12.0 Å². The van der Waals surface area contributed by atoms with Gasteiger partial charge in [0.05, 0.1) is 0 Å². The minimum Gasteiger partial charge on any atom is -0.360 e. The van der Waals surface area contributed by atoms with E-state index >= 15 is 0 Å². The third kappa shape index (κ3) is 1.95. The Morgan fingerprint density at radius 2 is 2.38 bits per heavy atom. The molecule has 0 radical (unpaired) electrons. The van der Waals surface area contributed by atoms with Gasteiger partial charge in [0.2, 0.25) is 0 Å². The topological polar surface area (TPSA) is 43.1 Å². The maximum atomic E-state index is 11.3. The molecule has 1 aliphatic carbocycles. The van der Waals surface area contributed by atoms with Crippen molar-refractivity contribution in [2.45, 2.75) is 20.3 Å². The SMILES string of the molecule is Cc1onc(C2=CC=CC(C)C2)c1C(=O)Cl. The van der Waals surface area contributed by atoms with Crippen molar-refractivity contribution in [3.05, 3.63) is 35.2 Å². The molecule has 4 heteroatoms. The fraction of sp³-hybridized carbons (Fsp3) is 0.333. The molecule has 1 aliphatic rings. The van der Waals surface area contributed by atoms with Crippen molar-refractivity contribution in [1.29, 1.82) is 0 Å². The van der Waals surface area contributed by atoms with E-state index in [0.29, 0.717) is 22.9 Å². The number of carbonyl (C=O) groups excluding carboxylic acids is 1. The second-order valence-electron chi connectivity index (χ2n) is 3.99. The summed E-state index contributed by atoms with van der Waals surface area (Å²) in [4.78, 5) is 11.3. The molecule has 0 bridgehead atoms. The normalized spacial score (nSPS) is 19.7. The molecule has 0 N–H and O–H groups in total. The smallest absolute Gasteiger partial charge is 0.258 e. The fourth-order valence-electron chi connectivity index (χ4n) is 1.84. The lowest BCUT2D eigenvalue weighted by molar-refractivity contribution is 0.108. The van der Waals surface area contributed by atoms with Gasteiger partial charge in [-0.2, -0.15) is 0 Å². The van der Waals surface area contributed by atoms with Gasteiger partial charge in [0.25, 0.3) is 5.24 Å². The Morgan fingerprint density at radius 1 is 1.62 bits per heavy atom. The molecular formula is C12H12ClNO2. The molecule has 1 unspecified atom stereocenters. The monoisotopic (exact) mass is 237 g/mol. The molecule has 0 aromatic carbocycles. The maximum absolute atomic E-state index is 11.3. The standard InChI is InChI=1S/C12H12ClNO2/c1-7-4-3-5-9(6-7)11-10(12(13)15)8(2)16-14-11/h3-5,7H,6H2,1-2H3. The van der Waals surface area contributed by atoms with Gasteiger partial charge < -0.3 is 4.52 Å². The van der Waals surface area contributed by atoms with Gasteiger partial charge in [0, 0.05) is 0 Å². The third-order valence-electron chi connectivity index (χ3n) is 2.64. The molecule has 0 amide bonds. The number of halogens is 1. The molecule has 1 atom stereocenters. The van der Waals surface area contributed by atoms with Crippen LogP contribution in [0.25, 0.3) is 5.57 Å². The molecule has 0 aliphatic heterocycles. The maximum Gasteiger partial charge on any atom is 0.258 e. The van der Waals surface area contributed by atoms with Gasteiger partial charge in [-0.15, -0.1) is 0 Å². The highest BCUT2D eigenvalue weighted by Crippen LogP contribution is 2.30. The highest BCUT2D eigenvalue weighted by molar-refractivity contribution is 6.68. The van der Waals surface area contributed by atoms with E-state index in [2.05, 4.69) is 18.2 Å². The van der Waals surface area contributed by atoms with Crippen LogP contribution in [0.5, 0.6) is 0 Å². The van der Waals surface area contributed by atoms with E-state index in [4.69, 9.17) is 16.1 Å². The molecule has 0 spiro atoms. The minimum atomic E-state index is -0.517. The molecule has 3 nitrogen and oxygen atoms in total. The molecule has 16 heavy (non-hydrogen) atoms. The number of aromatic nitrogens is 1. The van der Waals surface area contributed by atoms with Crippen molar-refractivity contribution in [3.63, 3.8) is 0 Å². The van der Waals surface area contributed by atoms with E-state index in [1.165, 1.54) is 0 Å². The van der Waals surface area contributed by atoms with Gasteiger partial charge in [0.1, 0.15) is 17.0 Å². The Balaban J connectivity index is 2.45. The third-order valence-corrected chi connectivity index (χ3v) is 2.83. The second-order valence-corrected chi connectivity index (χ2v) is 4.34. The minimum absolute atomic E-state index is 0.385. The zero-order valence-corrected chi connectivity index (χ0v) is 9.91. The predicted molar refractivity (Wildman–Crippen MR) is 62.3 cm³/mol. The molecule has 84 valence electrons. The lowest BCUT2D eigenvalue weighted by Gasteiger charge is -2.12. The van der Waals surface area contributed by atoms with E-state index in [9.17, 15) is 4.79 Å². The first-order chi connectivity index (χ1) is 7.59. The number of hydrogen-bond donors (Lipinski definition) is 0. The predicted octanol–water partition coefficient (Wildman–Crippen LogP) is 3.34. The zero-order valence-electron chi connectivity index (χ0n) is 9.16. The average molecular weight is 238 g/mol. The Bertz CT molecular complexity index is 485. The fourth-order valence-corrected chi connectivity index (χ4v) is 2.07. The summed E-state index contributed by atoms with van der Waals surface area (Å²) in [6.45, 7) is 3.80. The Labute approximate surface area is 98.8 Å². The van der Waals surface area contributed by atoms with Crippen LogP contribution >= 0.6 is 11.6 Å². The average Bonchev–Trinajstić information content (AvgIpc) is 2.60. The first-order valence-electron chi connectivity index (χ1n) is 5.13. The number of carbonyl (C=O) groups is 1. The first kappa shape index (κ1) is 11.1. The van der Waals surface area contributed by atoms with E-state index < -0.39 is 5.24 Å². The Kier molecular flexibility index (Phi) is 2.97. The molecule has 0 saturated carbocycles. The molecule has 0 saturated heterocycles. The van der Waals surface area contributed by atoms with Gasteiger partial charge in [-0.25, -0.2) is 0 Å². The van der Waals surface area contributed by atoms with Crippen LogP contribution in [0.4, 0.5) is 0 Å². The summed E-state index contributed by atoms with van der Waals surface area (Å²) in [6.07, 6.45) is 6.87. The summed E-state index contributed by atoms with van der Waals surface area (Å²) in [6, 6.07) is 0. The zero-order chi connectivity index (χ0) is 11.7. The van der Waals surface area contributed by atoms with Crippen molar-refractivity contribution in [3.8, 4) is 0 Å². The van der Waals surface area contributed by atoms with E-state index in [1.807, 2.05) is 12.2 Å². The number of aryl methyl sites for hydroxylation is 1. The van der Waals surface area contributed by atoms with Crippen LogP contribution < -0.4 is 0 Å².